The largest absolute Gasteiger partial charge is 0.383 e. The lowest BCUT2D eigenvalue weighted by Gasteiger charge is -2.14. The van der Waals surface area contributed by atoms with Gasteiger partial charge in [0.1, 0.15) is 0 Å². The topological polar surface area (TPSA) is 45.7 Å². The fourth-order valence-corrected chi connectivity index (χ4v) is 2.40. The van der Waals surface area contributed by atoms with E-state index in [4.69, 9.17) is 9.73 Å². The number of rotatable bonds is 7. The lowest BCUT2D eigenvalue weighted by molar-refractivity contribution is 0.203. The predicted octanol–water partition coefficient (Wildman–Crippen LogP) is 1.38. The standard InChI is InChI=1S/C13H25N3O/c1-3-14-12(15-8-9-17-2)16-10-13(6-7-13)11-4-5-11/h11H,3-10H2,1-2H3,(H2,14,15,16). The molecule has 0 aromatic carbocycles. The molecule has 2 saturated carbocycles. The van der Waals surface area contributed by atoms with Crippen molar-refractivity contribution in [3.63, 3.8) is 0 Å². The molecule has 4 heteroatoms. The fourth-order valence-electron chi connectivity index (χ4n) is 2.40. The normalized spacial score (nSPS) is 22.4. The van der Waals surface area contributed by atoms with E-state index in [9.17, 15) is 0 Å². The molecule has 0 heterocycles. The number of hydrogen-bond donors (Lipinski definition) is 2. The molecule has 0 aliphatic heterocycles. The quantitative estimate of drug-likeness (QED) is 0.401. The van der Waals surface area contributed by atoms with E-state index in [0.717, 1.165) is 38.1 Å². The Morgan fingerprint density at radius 1 is 1.35 bits per heavy atom. The van der Waals surface area contributed by atoms with Crippen LogP contribution in [0, 0.1) is 11.3 Å². The van der Waals surface area contributed by atoms with Crippen LogP contribution in [-0.2, 0) is 4.74 Å². The first-order valence-corrected chi connectivity index (χ1v) is 6.82. The number of nitrogens with zero attached hydrogens (tertiary/aromatic N) is 1. The summed E-state index contributed by atoms with van der Waals surface area (Å²) < 4.78 is 5.03. The highest BCUT2D eigenvalue weighted by Crippen LogP contribution is 2.61. The maximum Gasteiger partial charge on any atom is 0.191 e. The Morgan fingerprint density at radius 2 is 2.12 bits per heavy atom. The second-order valence-electron chi connectivity index (χ2n) is 5.25. The summed E-state index contributed by atoms with van der Waals surface area (Å²) in [6.07, 6.45) is 5.64. The summed E-state index contributed by atoms with van der Waals surface area (Å²) in [5, 5.41) is 6.58. The molecule has 0 bridgehead atoms. The van der Waals surface area contributed by atoms with Crippen molar-refractivity contribution in [3.8, 4) is 0 Å². The molecule has 98 valence electrons. The van der Waals surface area contributed by atoms with Gasteiger partial charge in [0.25, 0.3) is 0 Å². The molecule has 4 nitrogen and oxygen atoms in total. The van der Waals surface area contributed by atoms with Gasteiger partial charge in [-0.15, -0.1) is 0 Å². The molecule has 0 atom stereocenters. The number of ether oxygens (including phenoxy) is 1. The van der Waals surface area contributed by atoms with E-state index < -0.39 is 0 Å². The van der Waals surface area contributed by atoms with E-state index >= 15 is 0 Å². The molecule has 17 heavy (non-hydrogen) atoms. The number of hydrogen-bond acceptors (Lipinski definition) is 2. The first-order valence-electron chi connectivity index (χ1n) is 6.82. The molecule has 0 unspecified atom stereocenters. The number of aliphatic imine (C=N–C) groups is 1. The fraction of sp³-hybridized carbons (Fsp3) is 0.923. The number of methoxy groups -OCH3 is 1. The highest BCUT2D eigenvalue weighted by molar-refractivity contribution is 5.79. The molecule has 2 rings (SSSR count). The monoisotopic (exact) mass is 239 g/mol. The number of guanidine groups is 1. The van der Waals surface area contributed by atoms with Gasteiger partial charge in [-0.1, -0.05) is 0 Å². The Labute approximate surface area is 104 Å². The third-order valence-electron chi connectivity index (χ3n) is 3.83. The molecule has 2 aliphatic rings. The molecule has 0 amide bonds. The third-order valence-corrected chi connectivity index (χ3v) is 3.83. The van der Waals surface area contributed by atoms with Gasteiger partial charge in [0.2, 0.25) is 0 Å². The summed E-state index contributed by atoms with van der Waals surface area (Å²) in [6, 6.07) is 0. The Kier molecular flexibility index (Phi) is 4.26. The maximum absolute atomic E-state index is 5.03. The Hall–Kier alpha value is -0.770. The molecule has 2 aliphatic carbocycles. The van der Waals surface area contributed by atoms with Crippen LogP contribution in [0.25, 0.3) is 0 Å². The summed E-state index contributed by atoms with van der Waals surface area (Å²) in [6.45, 7) is 5.55. The van der Waals surface area contributed by atoms with Gasteiger partial charge in [-0.2, -0.15) is 0 Å². The molecule has 2 fully saturated rings. The average Bonchev–Trinajstić information content (AvgIpc) is 3.16. The van der Waals surface area contributed by atoms with Crippen LogP contribution in [0.1, 0.15) is 32.6 Å². The zero-order chi connectivity index (χ0) is 12.1. The van der Waals surface area contributed by atoms with Crippen molar-refractivity contribution < 1.29 is 4.74 Å². The maximum atomic E-state index is 5.03. The van der Waals surface area contributed by atoms with Crippen molar-refractivity contribution in [2.45, 2.75) is 32.6 Å². The first kappa shape index (κ1) is 12.7. The van der Waals surface area contributed by atoms with Gasteiger partial charge in [-0.3, -0.25) is 4.99 Å². The van der Waals surface area contributed by atoms with Crippen LogP contribution >= 0.6 is 0 Å². The molecule has 0 radical (unpaired) electrons. The van der Waals surface area contributed by atoms with Crippen LogP contribution in [0.5, 0.6) is 0 Å². The van der Waals surface area contributed by atoms with Crippen LogP contribution in [-0.4, -0.2) is 39.3 Å². The minimum absolute atomic E-state index is 0.587. The minimum Gasteiger partial charge on any atom is -0.383 e. The van der Waals surface area contributed by atoms with Gasteiger partial charge in [-0.25, -0.2) is 0 Å². The van der Waals surface area contributed by atoms with Crippen molar-refractivity contribution in [1.82, 2.24) is 10.6 Å². The summed E-state index contributed by atoms with van der Waals surface area (Å²) in [4.78, 5) is 4.72. The zero-order valence-electron chi connectivity index (χ0n) is 11.1. The van der Waals surface area contributed by atoms with Crippen LogP contribution in [0.3, 0.4) is 0 Å². The third kappa shape index (κ3) is 3.60. The summed E-state index contributed by atoms with van der Waals surface area (Å²) >= 11 is 0. The van der Waals surface area contributed by atoms with E-state index in [1.54, 1.807) is 7.11 Å². The van der Waals surface area contributed by atoms with Crippen LogP contribution in [0.15, 0.2) is 4.99 Å². The Balaban J connectivity index is 1.77. The Bertz CT molecular complexity index is 270. The van der Waals surface area contributed by atoms with E-state index in [2.05, 4.69) is 17.6 Å². The van der Waals surface area contributed by atoms with E-state index in [1.165, 1.54) is 25.7 Å². The number of nitrogens with one attached hydrogen (secondary N) is 2. The van der Waals surface area contributed by atoms with Crippen molar-refractivity contribution in [1.29, 1.82) is 0 Å². The van der Waals surface area contributed by atoms with Gasteiger partial charge in [0, 0.05) is 26.7 Å². The van der Waals surface area contributed by atoms with E-state index in [1.807, 2.05) is 0 Å². The van der Waals surface area contributed by atoms with Crippen LogP contribution in [0.2, 0.25) is 0 Å². The van der Waals surface area contributed by atoms with E-state index in [0.29, 0.717) is 5.41 Å². The average molecular weight is 239 g/mol. The molecule has 2 N–H and O–H groups in total. The predicted molar refractivity (Wildman–Crippen MR) is 70.2 cm³/mol. The zero-order valence-corrected chi connectivity index (χ0v) is 11.1. The molecular formula is C13H25N3O. The first-order chi connectivity index (χ1) is 8.30. The van der Waals surface area contributed by atoms with Crippen LogP contribution in [0.4, 0.5) is 0 Å². The van der Waals surface area contributed by atoms with Gasteiger partial charge >= 0.3 is 0 Å². The summed E-state index contributed by atoms with van der Waals surface area (Å²) in [7, 11) is 1.72. The molecule has 0 saturated heterocycles. The van der Waals surface area contributed by atoms with Crippen molar-refractivity contribution in [2.75, 3.05) is 33.4 Å². The summed E-state index contributed by atoms with van der Waals surface area (Å²) in [5.74, 6) is 1.92. The highest BCUT2D eigenvalue weighted by atomic mass is 16.5. The van der Waals surface area contributed by atoms with Gasteiger partial charge in [-0.05, 0) is 43.9 Å². The summed E-state index contributed by atoms with van der Waals surface area (Å²) in [5.41, 5.74) is 0.587. The van der Waals surface area contributed by atoms with Crippen molar-refractivity contribution >= 4 is 5.96 Å². The molecule has 0 aromatic heterocycles. The van der Waals surface area contributed by atoms with Crippen molar-refractivity contribution in [3.05, 3.63) is 0 Å². The highest BCUT2D eigenvalue weighted by Gasteiger charge is 2.53. The van der Waals surface area contributed by atoms with E-state index in [-0.39, 0.29) is 0 Å². The lowest BCUT2D eigenvalue weighted by Crippen LogP contribution is -2.39. The Morgan fingerprint density at radius 3 is 2.65 bits per heavy atom. The molecule has 0 aromatic rings. The smallest absolute Gasteiger partial charge is 0.191 e. The second kappa shape index (κ2) is 5.71. The van der Waals surface area contributed by atoms with Crippen LogP contribution < -0.4 is 10.6 Å². The lowest BCUT2D eigenvalue weighted by atomic mass is 10.0. The second-order valence-corrected chi connectivity index (χ2v) is 5.25. The van der Waals surface area contributed by atoms with Gasteiger partial charge in [0.15, 0.2) is 5.96 Å². The van der Waals surface area contributed by atoms with Gasteiger partial charge in [0.05, 0.1) is 6.61 Å². The SMILES string of the molecule is CCNC(=NCC1(C2CC2)CC1)NCCOC. The molecular weight excluding hydrogens is 214 g/mol. The van der Waals surface area contributed by atoms with Gasteiger partial charge < -0.3 is 15.4 Å². The molecule has 0 spiro atoms. The minimum atomic E-state index is 0.587. The van der Waals surface area contributed by atoms with Crippen molar-refractivity contribution in [2.24, 2.45) is 16.3 Å².